The first-order valence-corrected chi connectivity index (χ1v) is 10.6. The smallest absolute Gasteiger partial charge is 0.251 e. The van der Waals surface area contributed by atoms with Gasteiger partial charge in [-0.05, 0) is 59.2 Å². The highest BCUT2D eigenvalue weighted by Crippen LogP contribution is 2.24. The molecule has 0 bridgehead atoms. The Morgan fingerprint density at radius 1 is 0.833 bits per heavy atom. The first-order chi connectivity index (χ1) is 14.4. The molecule has 1 N–H and O–H groups in total. The number of aryl methyl sites for hydroxylation is 1. The molecule has 1 amide bonds. The minimum atomic E-state index is -0.0340. The normalized spacial score (nSPS) is 11.2. The van der Waals surface area contributed by atoms with Crippen molar-refractivity contribution in [2.24, 2.45) is 0 Å². The largest absolute Gasteiger partial charge is 0.489 e. The Balaban J connectivity index is 1.43. The van der Waals surface area contributed by atoms with Gasteiger partial charge in [-0.15, -0.1) is 0 Å². The second-order valence-electron chi connectivity index (χ2n) is 8.61. The van der Waals surface area contributed by atoms with E-state index >= 15 is 0 Å². The maximum Gasteiger partial charge on any atom is 0.251 e. The van der Waals surface area contributed by atoms with Crippen LogP contribution < -0.4 is 10.1 Å². The van der Waals surface area contributed by atoms with Gasteiger partial charge in [0.1, 0.15) is 12.4 Å². The highest BCUT2D eigenvalue weighted by molar-refractivity contribution is 5.94. The molecule has 0 unspecified atom stereocenters. The van der Waals surface area contributed by atoms with E-state index in [0.717, 1.165) is 24.2 Å². The molecule has 0 atom stereocenters. The van der Waals surface area contributed by atoms with Crippen molar-refractivity contribution < 1.29 is 9.53 Å². The van der Waals surface area contributed by atoms with Crippen LogP contribution in [0.2, 0.25) is 0 Å². The van der Waals surface area contributed by atoms with E-state index in [1.807, 2.05) is 54.6 Å². The third-order valence-corrected chi connectivity index (χ3v) is 5.11. The molecule has 3 aromatic carbocycles. The fourth-order valence-corrected chi connectivity index (χ4v) is 3.21. The molecule has 156 valence electrons. The first-order valence-electron chi connectivity index (χ1n) is 10.6. The highest BCUT2D eigenvalue weighted by Gasteiger charge is 2.13. The SMILES string of the molecule is CC(C)(C)c1ccc(OCc2ccc(C(=O)NCCCc3ccccc3)cc2)cc1. The Labute approximate surface area is 180 Å². The van der Waals surface area contributed by atoms with Crippen LogP contribution in [0, 0.1) is 0 Å². The van der Waals surface area contributed by atoms with E-state index in [-0.39, 0.29) is 11.3 Å². The van der Waals surface area contributed by atoms with E-state index in [4.69, 9.17) is 4.74 Å². The van der Waals surface area contributed by atoms with Gasteiger partial charge in [0.2, 0.25) is 0 Å². The molecule has 0 fully saturated rings. The van der Waals surface area contributed by atoms with Gasteiger partial charge in [0.25, 0.3) is 5.91 Å². The van der Waals surface area contributed by atoms with Crippen molar-refractivity contribution in [3.05, 3.63) is 101 Å². The molecule has 0 aliphatic rings. The van der Waals surface area contributed by atoms with Gasteiger partial charge in [-0.25, -0.2) is 0 Å². The van der Waals surface area contributed by atoms with Crippen LogP contribution in [0.3, 0.4) is 0 Å². The van der Waals surface area contributed by atoms with Crippen molar-refractivity contribution in [1.29, 1.82) is 0 Å². The zero-order valence-corrected chi connectivity index (χ0v) is 18.2. The summed E-state index contributed by atoms with van der Waals surface area (Å²) in [4.78, 5) is 12.3. The zero-order chi connectivity index (χ0) is 21.4. The number of ether oxygens (including phenoxy) is 1. The number of carbonyl (C=O) groups excluding carboxylic acids is 1. The second-order valence-corrected chi connectivity index (χ2v) is 8.61. The van der Waals surface area contributed by atoms with Crippen LogP contribution in [0.1, 0.15) is 54.2 Å². The van der Waals surface area contributed by atoms with E-state index in [0.29, 0.717) is 18.7 Å². The lowest BCUT2D eigenvalue weighted by Crippen LogP contribution is -2.24. The summed E-state index contributed by atoms with van der Waals surface area (Å²) >= 11 is 0. The summed E-state index contributed by atoms with van der Waals surface area (Å²) in [5, 5.41) is 2.99. The van der Waals surface area contributed by atoms with Crippen LogP contribution in [0.15, 0.2) is 78.9 Å². The average Bonchev–Trinajstić information content (AvgIpc) is 2.76. The van der Waals surface area contributed by atoms with E-state index in [9.17, 15) is 4.79 Å². The minimum Gasteiger partial charge on any atom is -0.489 e. The molecular formula is C27H31NO2. The fraction of sp³-hybridized carbons (Fsp3) is 0.296. The highest BCUT2D eigenvalue weighted by atomic mass is 16.5. The Morgan fingerprint density at radius 2 is 1.50 bits per heavy atom. The molecule has 3 aromatic rings. The molecular weight excluding hydrogens is 370 g/mol. The van der Waals surface area contributed by atoms with E-state index in [1.54, 1.807) is 0 Å². The number of rotatable bonds is 8. The number of nitrogens with one attached hydrogen (secondary N) is 1. The van der Waals surface area contributed by atoms with Gasteiger partial charge < -0.3 is 10.1 Å². The van der Waals surface area contributed by atoms with Crippen LogP contribution in [0.25, 0.3) is 0 Å². The predicted octanol–water partition coefficient (Wildman–Crippen LogP) is 5.93. The lowest BCUT2D eigenvalue weighted by molar-refractivity contribution is 0.0953. The van der Waals surface area contributed by atoms with Crippen LogP contribution in [0.5, 0.6) is 5.75 Å². The Morgan fingerprint density at radius 3 is 2.13 bits per heavy atom. The minimum absolute atomic E-state index is 0.0340. The molecule has 0 heterocycles. The van der Waals surface area contributed by atoms with Crippen LogP contribution in [0.4, 0.5) is 0 Å². The van der Waals surface area contributed by atoms with E-state index in [1.165, 1.54) is 11.1 Å². The lowest BCUT2D eigenvalue weighted by Gasteiger charge is -2.19. The van der Waals surface area contributed by atoms with Gasteiger partial charge >= 0.3 is 0 Å². The van der Waals surface area contributed by atoms with Crippen molar-refractivity contribution in [3.63, 3.8) is 0 Å². The molecule has 0 radical (unpaired) electrons. The van der Waals surface area contributed by atoms with Crippen molar-refractivity contribution in [2.75, 3.05) is 6.54 Å². The standard InChI is InChI=1S/C27H31NO2/c1-27(2,3)24-15-17-25(18-16-24)30-20-22-11-13-23(14-12-22)26(29)28-19-7-10-21-8-5-4-6-9-21/h4-6,8-9,11-18H,7,10,19-20H2,1-3H3,(H,28,29). The summed E-state index contributed by atoms with van der Waals surface area (Å²) in [6.07, 6.45) is 1.89. The maximum absolute atomic E-state index is 12.3. The molecule has 30 heavy (non-hydrogen) atoms. The molecule has 0 aliphatic heterocycles. The van der Waals surface area contributed by atoms with Crippen molar-refractivity contribution in [1.82, 2.24) is 5.32 Å². The number of hydrogen-bond acceptors (Lipinski definition) is 2. The Bertz CT molecular complexity index is 923. The van der Waals surface area contributed by atoms with Gasteiger partial charge in [-0.2, -0.15) is 0 Å². The molecule has 0 saturated carbocycles. The van der Waals surface area contributed by atoms with Crippen molar-refractivity contribution >= 4 is 5.91 Å². The zero-order valence-electron chi connectivity index (χ0n) is 18.2. The van der Waals surface area contributed by atoms with Crippen LogP contribution >= 0.6 is 0 Å². The molecule has 3 rings (SSSR count). The summed E-state index contributed by atoms with van der Waals surface area (Å²) in [6, 6.07) is 26.2. The molecule has 0 saturated heterocycles. The maximum atomic E-state index is 12.3. The lowest BCUT2D eigenvalue weighted by atomic mass is 9.87. The van der Waals surface area contributed by atoms with E-state index < -0.39 is 0 Å². The average molecular weight is 402 g/mol. The first kappa shape index (κ1) is 21.6. The van der Waals surface area contributed by atoms with Gasteiger partial charge in [0, 0.05) is 12.1 Å². The van der Waals surface area contributed by atoms with E-state index in [2.05, 4.69) is 50.4 Å². The summed E-state index contributed by atoms with van der Waals surface area (Å²) in [5.74, 6) is 0.816. The fourth-order valence-electron chi connectivity index (χ4n) is 3.21. The number of benzene rings is 3. The number of hydrogen-bond donors (Lipinski definition) is 1. The summed E-state index contributed by atoms with van der Waals surface area (Å²) < 4.78 is 5.88. The summed E-state index contributed by atoms with van der Waals surface area (Å²) in [7, 11) is 0. The van der Waals surface area contributed by atoms with Gasteiger partial charge in [-0.1, -0.05) is 75.4 Å². The Hall–Kier alpha value is -3.07. The number of amides is 1. The molecule has 0 spiro atoms. The van der Waals surface area contributed by atoms with Crippen LogP contribution in [-0.2, 0) is 18.4 Å². The molecule has 3 nitrogen and oxygen atoms in total. The van der Waals surface area contributed by atoms with Gasteiger partial charge in [-0.3, -0.25) is 4.79 Å². The third-order valence-electron chi connectivity index (χ3n) is 5.11. The number of carbonyl (C=O) groups is 1. The van der Waals surface area contributed by atoms with Crippen molar-refractivity contribution in [2.45, 2.75) is 45.6 Å². The Kier molecular flexibility index (Phi) is 7.29. The summed E-state index contributed by atoms with van der Waals surface area (Å²) in [6.45, 7) is 7.74. The summed E-state index contributed by atoms with van der Waals surface area (Å²) in [5.41, 5.74) is 4.43. The van der Waals surface area contributed by atoms with Crippen molar-refractivity contribution in [3.8, 4) is 5.75 Å². The van der Waals surface area contributed by atoms with Gasteiger partial charge in [0.05, 0.1) is 0 Å². The molecule has 0 aliphatic carbocycles. The van der Waals surface area contributed by atoms with Gasteiger partial charge in [0.15, 0.2) is 0 Å². The molecule has 0 aromatic heterocycles. The monoisotopic (exact) mass is 401 g/mol. The quantitative estimate of drug-likeness (QED) is 0.475. The van der Waals surface area contributed by atoms with Crippen LogP contribution in [-0.4, -0.2) is 12.5 Å². The third kappa shape index (κ3) is 6.48. The predicted molar refractivity (Wildman–Crippen MR) is 123 cm³/mol. The second kappa shape index (κ2) is 10.1. The molecule has 3 heteroatoms. The topological polar surface area (TPSA) is 38.3 Å².